The number of alkyl halides is 3. The van der Waals surface area contributed by atoms with Crippen LogP contribution in [0, 0.1) is 0 Å². The average molecular weight is 302 g/mol. The van der Waals surface area contributed by atoms with Crippen LogP contribution in [-0.4, -0.2) is 43.9 Å². The molecule has 0 radical (unpaired) electrons. The minimum absolute atomic E-state index is 0.0156. The van der Waals surface area contributed by atoms with Gasteiger partial charge in [-0.2, -0.15) is 13.2 Å². The van der Waals surface area contributed by atoms with Crippen molar-refractivity contribution in [2.75, 3.05) is 26.7 Å². The molecule has 0 spiro atoms. The van der Waals surface area contributed by atoms with E-state index in [9.17, 15) is 13.2 Å². The lowest BCUT2D eigenvalue weighted by molar-refractivity contribution is -0.139. The number of para-hydroxylation sites is 1. The molecule has 0 fully saturated rings. The predicted molar refractivity (Wildman–Crippen MR) is 75.4 cm³/mol. The number of ether oxygens (including phenoxy) is 1. The van der Waals surface area contributed by atoms with Crippen molar-refractivity contribution in [3.63, 3.8) is 0 Å². The molecule has 0 aromatic heterocycles. The van der Waals surface area contributed by atoms with Crippen LogP contribution in [0.2, 0.25) is 0 Å². The molecule has 2 atom stereocenters. The van der Waals surface area contributed by atoms with E-state index in [1.54, 1.807) is 11.9 Å². The van der Waals surface area contributed by atoms with Crippen LogP contribution in [0.25, 0.3) is 0 Å². The van der Waals surface area contributed by atoms with Crippen LogP contribution >= 0.6 is 0 Å². The summed E-state index contributed by atoms with van der Waals surface area (Å²) in [5.41, 5.74) is 1.01. The zero-order valence-corrected chi connectivity index (χ0v) is 12.3. The van der Waals surface area contributed by atoms with Crippen molar-refractivity contribution in [2.45, 2.75) is 31.6 Å². The first kappa shape index (κ1) is 16.1. The molecule has 1 N–H and O–H groups in total. The summed E-state index contributed by atoms with van der Waals surface area (Å²) in [5, 5.41) is 3.37. The van der Waals surface area contributed by atoms with Crippen molar-refractivity contribution in [2.24, 2.45) is 0 Å². The number of rotatable bonds is 5. The minimum atomic E-state index is -4.13. The van der Waals surface area contributed by atoms with Crippen LogP contribution < -0.4 is 10.1 Å². The van der Waals surface area contributed by atoms with Crippen molar-refractivity contribution < 1.29 is 17.9 Å². The molecule has 1 aromatic rings. The van der Waals surface area contributed by atoms with E-state index in [-0.39, 0.29) is 18.6 Å². The molecule has 2 rings (SSSR count). The monoisotopic (exact) mass is 302 g/mol. The highest BCUT2D eigenvalue weighted by molar-refractivity contribution is 5.38. The van der Waals surface area contributed by atoms with Crippen LogP contribution in [0.4, 0.5) is 13.2 Å². The minimum Gasteiger partial charge on any atom is -0.492 e. The second-order valence-corrected chi connectivity index (χ2v) is 5.30. The largest absolute Gasteiger partial charge is 0.492 e. The number of likely N-dealkylation sites (N-methyl/N-ethyl adjacent to an activating group) is 2. The van der Waals surface area contributed by atoms with Gasteiger partial charge in [0.25, 0.3) is 0 Å². The molecule has 0 saturated carbocycles. The van der Waals surface area contributed by atoms with E-state index in [4.69, 9.17) is 4.74 Å². The summed E-state index contributed by atoms with van der Waals surface area (Å²) in [7, 11) is 1.72. The maximum absolute atomic E-state index is 12.4. The zero-order chi connectivity index (χ0) is 15.5. The highest BCUT2D eigenvalue weighted by Crippen LogP contribution is 2.34. The second-order valence-electron chi connectivity index (χ2n) is 5.30. The van der Waals surface area contributed by atoms with Gasteiger partial charge in [-0.05, 0) is 19.7 Å². The van der Waals surface area contributed by atoms with Crippen molar-refractivity contribution in [3.8, 4) is 5.75 Å². The van der Waals surface area contributed by atoms with Crippen molar-refractivity contribution >= 4 is 0 Å². The standard InChI is InChI=1S/C15H21F3N2O/c1-3-19-14-11-6-4-5-7-13(11)21-10-12(14)20(2)9-8-15(16,17)18/h4-7,12,14,19H,3,8-10H2,1-2H3. The first-order valence-electron chi connectivity index (χ1n) is 7.14. The van der Waals surface area contributed by atoms with Gasteiger partial charge in [0.1, 0.15) is 12.4 Å². The molecular formula is C15H21F3N2O. The van der Waals surface area contributed by atoms with Gasteiger partial charge in [0.05, 0.1) is 18.5 Å². The molecule has 3 nitrogen and oxygen atoms in total. The van der Waals surface area contributed by atoms with Crippen LogP contribution in [0.15, 0.2) is 24.3 Å². The summed E-state index contributed by atoms with van der Waals surface area (Å²) in [6, 6.07) is 7.55. The lowest BCUT2D eigenvalue weighted by atomic mass is 9.95. The highest BCUT2D eigenvalue weighted by Gasteiger charge is 2.35. The Bertz CT molecular complexity index is 464. The van der Waals surface area contributed by atoms with E-state index < -0.39 is 12.6 Å². The Kier molecular flexibility index (Phi) is 5.11. The van der Waals surface area contributed by atoms with E-state index in [0.717, 1.165) is 17.9 Å². The maximum Gasteiger partial charge on any atom is 0.390 e. The molecule has 0 bridgehead atoms. The van der Waals surface area contributed by atoms with Gasteiger partial charge >= 0.3 is 6.18 Å². The van der Waals surface area contributed by atoms with Gasteiger partial charge < -0.3 is 10.1 Å². The molecule has 0 aliphatic carbocycles. The molecule has 0 saturated heterocycles. The topological polar surface area (TPSA) is 24.5 Å². The van der Waals surface area contributed by atoms with Crippen molar-refractivity contribution in [1.29, 1.82) is 0 Å². The quantitative estimate of drug-likeness (QED) is 0.905. The van der Waals surface area contributed by atoms with Crippen LogP contribution in [0.5, 0.6) is 5.75 Å². The Morgan fingerprint density at radius 2 is 2.05 bits per heavy atom. The lowest BCUT2D eigenvalue weighted by Gasteiger charge is -2.39. The Hall–Kier alpha value is -1.27. The van der Waals surface area contributed by atoms with E-state index in [0.29, 0.717) is 6.61 Å². The van der Waals surface area contributed by atoms with Crippen molar-refractivity contribution in [3.05, 3.63) is 29.8 Å². The molecule has 2 unspecified atom stereocenters. The summed E-state index contributed by atoms with van der Waals surface area (Å²) >= 11 is 0. The summed E-state index contributed by atoms with van der Waals surface area (Å²) in [5.74, 6) is 0.809. The highest BCUT2D eigenvalue weighted by atomic mass is 19.4. The third-order valence-corrected chi connectivity index (χ3v) is 3.79. The molecular weight excluding hydrogens is 281 g/mol. The van der Waals surface area contributed by atoms with Gasteiger partial charge in [0.15, 0.2) is 0 Å². The molecule has 1 aromatic carbocycles. The summed E-state index contributed by atoms with van der Waals surface area (Å²) < 4.78 is 42.9. The Labute approximate surface area is 123 Å². The van der Waals surface area contributed by atoms with E-state index in [1.807, 2.05) is 31.2 Å². The fraction of sp³-hybridized carbons (Fsp3) is 0.600. The second kappa shape index (κ2) is 6.66. The number of nitrogens with zero attached hydrogens (tertiary/aromatic N) is 1. The van der Waals surface area contributed by atoms with Crippen LogP contribution in [0.3, 0.4) is 0 Å². The van der Waals surface area contributed by atoms with Crippen LogP contribution in [0.1, 0.15) is 24.9 Å². The summed E-state index contributed by atoms with van der Waals surface area (Å²) in [6.07, 6.45) is -4.93. The molecule has 0 amide bonds. The number of fused-ring (bicyclic) bond motifs is 1. The zero-order valence-electron chi connectivity index (χ0n) is 12.3. The first-order chi connectivity index (χ1) is 9.92. The number of hydrogen-bond acceptors (Lipinski definition) is 3. The van der Waals surface area contributed by atoms with E-state index >= 15 is 0 Å². The number of hydrogen-bond donors (Lipinski definition) is 1. The normalized spacial score (nSPS) is 22.0. The van der Waals surface area contributed by atoms with Gasteiger partial charge in [0, 0.05) is 12.1 Å². The predicted octanol–water partition coefficient (Wildman–Crippen LogP) is 2.98. The number of halogens is 3. The van der Waals surface area contributed by atoms with Crippen molar-refractivity contribution in [1.82, 2.24) is 10.2 Å². The van der Waals surface area contributed by atoms with Gasteiger partial charge in [-0.1, -0.05) is 25.1 Å². The Morgan fingerprint density at radius 1 is 1.33 bits per heavy atom. The summed E-state index contributed by atoms with van der Waals surface area (Å²) in [6.45, 7) is 3.11. The Balaban J connectivity index is 2.12. The molecule has 1 heterocycles. The van der Waals surface area contributed by atoms with Crippen LogP contribution in [-0.2, 0) is 0 Å². The molecule has 21 heavy (non-hydrogen) atoms. The fourth-order valence-electron chi connectivity index (χ4n) is 2.66. The van der Waals surface area contributed by atoms with Gasteiger partial charge in [-0.25, -0.2) is 0 Å². The molecule has 118 valence electrons. The molecule has 1 aliphatic rings. The van der Waals surface area contributed by atoms with Gasteiger partial charge in [-0.3, -0.25) is 4.90 Å². The SMILES string of the molecule is CCNC1c2ccccc2OCC1N(C)CCC(F)(F)F. The summed E-state index contributed by atoms with van der Waals surface area (Å²) in [4.78, 5) is 1.73. The van der Waals surface area contributed by atoms with E-state index in [1.165, 1.54) is 0 Å². The first-order valence-corrected chi connectivity index (χ1v) is 7.14. The number of nitrogens with one attached hydrogen (secondary N) is 1. The smallest absolute Gasteiger partial charge is 0.390 e. The number of benzene rings is 1. The Morgan fingerprint density at radius 3 is 2.71 bits per heavy atom. The van der Waals surface area contributed by atoms with Gasteiger partial charge in [0.2, 0.25) is 0 Å². The lowest BCUT2D eigenvalue weighted by Crippen LogP contribution is -2.49. The van der Waals surface area contributed by atoms with E-state index in [2.05, 4.69) is 5.32 Å². The molecule has 6 heteroatoms. The maximum atomic E-state index is 12.4. The average Bonchev–Trinajstić information content (AvgIpc) is 2.44. The van der Waals surface area contributed by atoms with Gasteiger partial charge in [-0.15, -0.1) is 0 Å². The molecule has 1 aliphatic heterocycles. The third-order valence-electron chi connectivity index (χ3n) is 3.79. The fourth-order valence-corrected chi connectivity index (χ4v) is 2.66. The third kappa shape index (κ3) is 4.11.